The Morgan fingerprint density at radius 3 is 2.26 bits per heavy atom. The van der Waals surface area contributed by atoms with Crippen LogP contribution in [0.1, 0.15) is 37.7 Å². The fourth-order valence-corrected chi connectivity index (χ4v) is 5.23. The molecular formula is C31H31F4N3O3S. The maximum atomic E-state index is 13.5. The van der Waals surface area contributed by atoms with Gasteiger partial charge in [-0.15, -0.1) is 11.3 Å². The Labute approximate surface area is 246 Å². The topological polar surface area (TPSA) is 54.9 Å². The summed E-state index contributed by atoms with van der Waals surface area (Å²) < 4.78 is 64.0. The molecule has 4 aromatic rings. The Morgan fingerprint density at radius 1 is 0.881 bits per heavy atom. The first-order chi connectivity index (χ1) is 20.0. The molecule has 6 nitrogen and oxygen atoms in total. The van der Waals surface area contributed by atoms with Gasteiger partial charge in [0.05, 0.1) is 26.3 Å². The first kappa shape index (κ1) is 31.0. The van der Waals surface area contributed by atoms with Crippen molar-refractivity contribution in [2.45, 2.75) is 32.2 Å². The van der Waals surface area contributed by atoms with Crippen molar-refractivity contribution in [3.63, 3.8) is 0 Å². The summed E-state index contributed by atoms with van der Waals surface area (Å²) in [6.45, 7) is 1.30. The lowest BCUT2D eigenvalue weighted by Gasteiger charge is -2.22. The minimum absolute atomic E-state index is 0.204. The van der Waals surface area contributed by atoms with Crippen LogP contribution in [0.15, 0.2) is 72.1 Å². The van der Waals surface area contributed by atoms with Gasteiger partial charge in [-0.1, -0.05) is 36.4 Å². The number of nitrogens with zero attached hydrogens (tertiary/aromatic N) is 3. The summed E-state index contributed by atoms with van der Waals surface area (Å²) in [4.78, 5) is 21.1. The first-order valence-electron chi connectivity index (χ1n) is 13.1. The van der Waals surface area contributed by atoms with E-state index in [2.05, 4.69) is 4.98 Å². The second-order valence-electron chi connectivity index (χ2n) is 9.76. The van der Waals surface area contributed by atoms with Crippen LogP contribution in [-0.2, 0) is 32.2 Å². The average molecular weight is 602 g/mol. The highest BCUT2D eigenvalue weighted by molar-refractivity contribution is 7.09. The van der Waals surface area contributed by atoms with Crippen LogP contribution in [0.25, 0.3) is 0 Å². The summed E-state index contributed by atoms with van der Waals surface area (Å²) in [5.74, 6) is 0.633. The number of methoxy groups -OCH3 is 2. The molecule has 11 heteroatoms. The Kier molecular flexibility index (Phi) is 10.2. The molecule has 0 saturated carbocycles. The molecule has 1 heterocycles. The smallest absolute Gasteiger partial charge is 0.416 e. The molecule has 222 valence electrons. The zero-order chi connectivity index (χ0) is 30.3. The van der Waals surface area contributed by atoms with Crippen molar-refractivity contribution in [1.29, 1.82) is 0 Å². The lowest BCUT2D eigenvalue weighted by atomic mass is 10.1. The van der Waals surface area contributed by atoms with Gasteiger partial charge in [0.1, 0.15) is 16.5 Å². The molecule has 0 radical (unpaired) electrons. The van der Waals surface area contributed by atoms with Crippen LogP contribution in [0.3, 0.4) is 0 Å². The third kappa shape index (κ3) is 8.29. The summed E-state index contributed by atoms with van der Waals surface area (Å²) in [5.41, 5.74) is 1.84. The molecule has 0 unspecified atom stereocenters. The highest BCUT2D eigenvalue weighted by Crippen LogP contribution is 2.30. The van der Waals surface area contributed by atoms with Crippen molar-refractivity contribution in [2.75, 3.05) is 27.8 Å². The van der Waals surface area contributed by atoms with Gasteiger partial charge in [0, 0.05) is 32.1 Å². The molecule has 42 heavy (non-hydrogen) atoms. The van der Waals surface area contributed by atoms with Gasteiger partial charge in [0.25, 0.3) is 5.91 Å². The maximum Gasteiger partial charge on any atom is 0.416 e. The number of aromatic nitrogens is 1. The predicted octanol–water partition coefficient (Wildman–Crippen LogP) is 6.84. The largest absolute Gasteiger partial charge is 0.493 e. The number of carbonyl (C=O) groups excluding carboxylic acids is 1. The van der Waals surface area contributed by atoms with Crippen molar-refractivity contribution in [3.8, 4) is 11.5 Å². The van der Waals surface area contributed by atoms with Crippen LogP contribution in [-0.4, -0.2) is 48.5 Å². The first-order valence-corrected chi connectivity index (χ1v) is 14.0. The number of ether oxygens (including phenoxy) is 2. The lowest BCUT2D eigenvalue weighted by molar-refractivity contribution is -0.137. The highest BCUT2D eigenvalue weighted by atomic mass is 32.1. The third-order valence-electron chi connectivity index (χ3n) is 6.64. The van der Waals surface area contributed by atoms with E-state index < -0.39 is 11.7 Å². The second kappa shape index (κ2) is 13.8. The number of carbonyl (C=O) groups is 1. The van der Waals surface area contributed by atoms with Crippen molar-refractivity contribution in [1.82, 2.24) is 14.8 Å². The number of hydrogen-bond donors (Lipinski definition) is 0. The van der Waals surface area contributed by atoms with E-state index in [1.807, 2.05) is 23.1 Å². The number of thiazole rings is 1. The van der Waals surface area contributed by atoms with Gasteiger partial charge in [-0.05, 0) is 53.4 Å². The van der Waals surface area contributed by atoms with Crippen LogP contribution < -0.4 is 9.47 Å². The average Bonchev–Trinajstić information content (AvgIpc) is 3.44. The molecular weight excluding hydrogens is 570 g/mol. The number of halogens is 4. The molecule has 1 amide bonds. The van der Waals surface area contributed by atoms with Crippen LogP contribution in [0.5, 0.6) is 11.5 Å². The molecule has 3 aromatic carbocycles. The lowest BCUT2D eigenvalue weighted by Crippen LogP contribution is -2.29. The number of benzene rings is 3. The van der Waals surface area contributed by atoms with Crippen molar-refractivity contribution >= 4 is 17.2 Å². The van der Waals surface area contributed by atoms with Gasteiger partial charge in [-0.25, -0.2) is 9.37 Å². The highest BCUT2D eigenvalue weighted by Gasteiger charge is 2.30. The molecule has 0 aliphatic rings. The summed E-state index contributed by atoms with van der Waals surface area (Å²) in [5, 5.41) is 2.33. The molecule has 0 spiro atoms. The van der Waals surface area contributed by atoms with E-state index in [1.54, 1.807) is 49.7 Å². The van der Waals surface area contributed by atoms with Gasteiger partial charge >= 0.3 is 6.18 Å². The quantitative estimate of drug-likeness (QED) is 0.167. The number of amides is 1. The molecule has 1 aromatic heterocycles. The van der Waals surface area contributed by atoms with Gasteiger partial charge in [-0.3, -0.25) is 9.69 Å². The van der Waals surface area contributed by atoms with E-state index in [-0.39, 0.29) is 18.3 Å². The maximum absolute atomic E-state index is 13.5. The number of hydrogen-bond acceptors (Lipinski definition) is 6. The number of likely N-dealkylation sites (N-methyl/N-ethyl adjacent to an activating group) is 1. The van der Waals surface area contributed by atoms with Crippen LogP contribution in [0.4, 0.5) is 17.6 Å². The van der Waals surface area contributed by atoms with Crippen molar-refractivity contribution in [3.05, 3.63) is 111 Å². The summed E-state index contributed by atoms with van der Waals surface area (Å²) in [7, 11) is 4.84. The Bertz CT molecular complexity index is 1490. The van der Waals surface area contributed by atoms with Gasteiger partial charge in [0.2, 0.25) is 0 Å². The molecule has 0 atom stereocenters. The van der Waals surface area contributed by atoms with Gasteiger partial charge in [0.15, 0.2) is 11.5 Å². The zero-order valence-corrected chi connectivity index (χ0v) is 24.3. The SMILES string of the molecule is COc1ccc(CCN(C)C(=O)c2csc(CN(Cc3ccc(F)cc3)Cc3cccc(C(F)(F)F)c3)n2)cc1OC. The molecule has 0 fully saturated rings. The fraction of sp³-hybridized carbons (Fsp3) is 0.290. The summed E-state index contributed by atoms with van der Waals surface area (Å²) in [6, 6.07) is 16.8. The second-order valence-corrected chi connectivity index (χ2v) is 10.7. The van der Waals surface area contributed by atoms with Crippen LogP contribution in [0.2, 0.25) is 0 Å². The number of alkyl halides is 3. The van der Waals surface area contributed by atoms with E-state index in [0.717, 1.165) is 23.3 Å². The predicted molar refractivity (Wildman–Crippen MR) is 153 cm³/mol. The Hall–Kier alpha value is -3.96. The van der Waals surface area contributed by atoms with Crippen molar-refractivity contribution in [2.24, 2.45) is 0 Å². The monoisotopic (exact) mass is 601 g/mol. The molecule has 4 rings (SSSR count). The van der Waals surface area contributed by atoms with E-state index >= 15 is 0 Å². The Morgan fingerprint density at radius 2 is 1.57 bits per heavy atom. The van der Waals surface area contributed by atoms with Gasteiger partial charge < -0.3 is 14.4 Å². The van der Waals surface area contributed by atoms with E-state index in [4.69, 9.17) is 9.47 Å². The Balaban J connectivity index is 1.44. The van der Waals surface area contributed by atoms with Crippen LogP contribution >= 0.6 is 11.3 Å². The standard InChI is InChI=1S/C31H31F4N3O3S/c1-37(14-13-21-9-12-27(40-2)28(16-21)41-3)30(39)26-20-42-29(36-26)19-38(17-22-7-10-25(32)11-8-22)18-23-5-4-6-24(15-23)31(33,34)35/h4-12,15-16,20H,13-14,17-19H2,1-3H3. The summed E-state index contributed by atoms with van der Waals surface area (Å²) in [6.07, 6.45) is -3.85. The molecule has 0 bridgehead atoms. The molecule has 0 aliphatic carbocycles. The van der Waals surface area contributed by atoms with E-state index in [9.17, 15) is 22.4 Å². The van der Waals surface area contributed by atoms with Crippen LogP contribution in [0, 0.1) is 5.82 Å². The number of rotatable bonds is 12. The molecule has 0 aliphatic heterocycles. The molecule has 0 saturated heterocycles. The van der Waals surface area contributed by atoms with E-state index in [0.29, 0.717) is 53.8 Å². The minimum atomic E-state index is -4.45. The van der Waals surface area contributed by atoms with Gasteiger partial charge in [-0.2, -0.15) is 13.2 Å². The fourth-order valence-electron chi connectivity index (χ4n) is 4.42. The normalized spacial score (nSPS) is 11.5. The summed E-state index contributed by atoms with van der Waals surface area (Å²) >= 11 is 1.31. The van der Waals surface area contributed by atoms with Crippen molar-refractivity contribution < 1.29 is 31.8 Å². The molecule has 0 N–H and O–H groups in total. The third-order valence-corrected chi connectivity index (χ3v) is 7.47. The zero-order valence-electron chi connectivity index (χ0n) is 23.5. The van der Waals surface area contributed by atoms with E-state index in [1.165, 1.54) is 29.5 Å². The minimum Gasteiger partial charge on any atom is -0.493 e.